The Balaban J connectivity index is 0.728. The zero-order valence-electron chi connectivity index (χ0n) is 41.8. The van der Waals surface area contributed by atoms with E-state index in [1.807, 2.05) is 102 Å². The zero-order chi connectivity index (χ0) is 50.0. The van der Waals surface area contributed by atoms with Crippen LogP contribution >= 0.6 is 0 Å². The minimum absolute atomic E-state index is 0.379. The molecule has 3 aromatic heterocycles. The van der Waals surface area contributed by atoms with E-state index in [-0.39, 0.29) is 0 Å². The molecule has 1 radical (unpaired) electrons. The van der Waals surface area contributed by atoms with Gasteiger partial charge in [0, 0.05) is 43.3 Å². The van der Waals surface area contributed by atoms with Crippen molar-refractivity contribution in [2.45, 2.75) is 45.2 Å². The van der Waals surface area contributed by atoms with Crippen molar-refractivity contribution in [3.8, 4) is 57.6 Å². The van der Waals surface area contributed by atoms with Crippen molar-refractivity contribution < 1.29 is 37.9 Å². The second-order valence-electron chi connectivity index (χ2n) is 17.2. The number of pyridine rings is 3. The van der Waals surface area contributed by atoms with Crippen LogP contribution in [0.3, 0.4) is 0 Å². The van der Waals surface area contributed by atoms with Crippen LogP contribution in [0.25, 0.3) is 22.8 Å². The first-order valence-electron chi connectivity index (χ1n) is 25.3. The van der Waals surface area contributed by atoms with E-state index in [4.69, 9.17) is 48.4 Å². The average Bonchev–Trinajstić information content (AvgIpc) is 3.78. The van der Waals surface area contributed by atoms with Gasteiger partial charge in [-0.1, -0.05) is 67.1 Å². The van der Waals surface area contributed by atoms with Gasteiger partial charge >= 0.3 is 0 Å². The normalized spacial score (nSPS) is 15.4. The topological polar surface area (TPSA) is 145 Å². The van der Waals surface area contributed by atoms with E-state index in [9.17, 15) is 0 Å². The molecular formula is C58H66N7O8. The van der Waals surface area contributed by atoms with Crippen LogP contribution in [-0.2, 0) is 32.0 Å². The van der Waals surface area contributed by atoms with Crippen molar-refractivity contribution in [3.63, 3.8) is 0 Å². The highest BCUT2D eigenvalue weighted by Gasteiger charge is 2.19. The largest absolute Gasteiger partial charge is 0.487 e. The molecule has 2 aliphatic rings. The molecule has 6 aromatic rings. The van der Waals surface area contributed by atoms with E-state index in [1.54, 1.807) is 12.4 Å². The molecule has 15 nitrogen and oxygen atoms in total. The van der Waals surface area contributed by atoms with Crippen molar-refractivity contribution in [1.29, 1.82) is 0 Å². The molecule has 3 aromatic carbocycles. The Kier molecular flexibility index (Phi) is 21.1. The minimum Gasteiger partial charge on any atom is -0.487 e. The van der Waals surface area contributed by atoms with Crippen LogP contribution in [0.1, 0.15) is 54.4 Å². The second-order valence-corrected chi connectivity index (χ2v) is 17.2. The summed E-state index contributed by atoms with van der Waals surface area (Å²) in [6, 6.07) is 37.6. The Hall–Kier alpha value is -7.03. The molecule has 0 saturated carbocycles. The van der Waals surface area contributed by atoms with Crippen LogP contribution < -0.4 is 29.8 Å². The van der Waals surface area contributed by atoms with Crippen molar-refractivity contribution in [2.75, 3.05) is 92.9 Å². The van der Waals surface area contributed by atoms with Crippen molar-refractivity contribution in [1.82, 2.24) is 35.8 Å². The third-order valence-electron chi connectivity index (χ3n) is 11.7. The van der Waals surface area contributed by atoms with Gasteiger partial charge in [-0.2, -0.15) is 0 Å². The van der Waals surface area contributed by atoms with Crippen LogP contribution in [0.4, 0.5) is 0 Å². The molecule has 1 N–H and O–H groups in total. The molecule has 381 valence electrons. The average molecular weight is 989 g/mol. The van der Waals surface area contributed by atoms with E-state index in [1.165, 1.54) is 5.70 Å². The number of fused-ring (bicyclic) bond motifs is 2. The van der Waals surface area contributed by atoms with E-state index in [0.717, 1.165) is 90.2 Å². The van der Waals surface area contributed by atoms with E-state index >= 15 is 0 Å². The predicted octanol–water partition coefficient (Wildman–Crippen LogP) is 8.66. The van der Waals surface area contributed by atoms with Gasteiger partial charge in [0.2, 0.25) is 0 Å². The number of para-hydroxylation sites is 2. The van der Waals surface area contributed by atoms with Gasteiger partial charge in [0.15, 0.2) is 23.0 Å². The number of ether oxygens (including phenoxy) is 8. The maximum Gasteiger partial charge on any atom is 0.161 e. The van der Waals surface area contributed by atoms with Gasteiger partial charge in [0.25, 0.3) is 0 Å². The van der Waals surface area contributed by atoms with Gasteiger partial charge in [0.1, 0.15) is 26.4 Å². The monoisotopic (exact) mass is 988 g/mol. The molecule has 73 heavy (non-hydrogen) atoms. The summed E-state index contributed by atoms with van der Waals surface area (Å²) in [5.41, 5.74) is 13.1. The zero-order valence-corrected chi connectivity index (χ0v) is 41.8. The predicted molar refractivity (Wildman–Crippen MR) is 280 cm³/mol. The fourth-order valence-corrected chi connectivity index (χ4v) is 7.95. The number of hydrogen-bond donors (Lipinski definition) is 1. The number of unbranched alkanes of at least 4 members (excludes halogenated alkanes) is 3. The number of nitrogens with zero attached hydrogens (tertiary/aromatic N) is 6. The van der Waals surface area contributed by atoms with Gasteiger partial charge < -0.3 is 43.2 Å². The lowest BCUT2D eigenvalue weighted by atomic mass is 10.1. The summed E-state index contributed by atoms with van der Waals surface area (Å²) in [5, 5.41) is 7.62. The number of nitrogens with one attached hydrogen (secondary N) is 1. The number of rotatable bonds is 13. The molecule has 8 rings (SSSR count). The fraction of sp³-hybridized carbons (Fsp3) is 0.362. The van der Waals surface area contributed by atoms with Crippen molar-refractivity contribution >= 4 is 0 Å². The molecule has 0 spiro atoms. The number of hydrogen-bond acceptors (Lipinski definition) is 14. The summed E-state index contributed by atoms with van der Waals surface area (Å²) in [6.07, 6.45) is 11.2. The Morgan fingerprint density at radius 1 is 0.493 bits per heavy atom. The Morgan fingerprint density at radius 2 is 1.01 bits per heavy atom. The number of benzene rings is 3. The van der Waals surface area contributed by atoms with Crippen LogP contribution in [-0.4, -0.2) is 118 Å². The van der Waals surface area contributed by atoms with Gasteiger partial charge in [0.05, 0.1) is 87.9 Å². The van der Waals surface area contributed by atoms with Crippen LogP contribution in [0, 0.1) is 11.8 Å². The fourth-order valence-electron chi connectivity index (χ4n) is 7.95. The summed E-state index contributed by atoms with van der Waals surface area (Å²) in [6.45, 7) is 7.43. The first kappa shape index (κ1) is 52.3. The number of aromatic nitrogens is 3. The summed E-state index contributed by atoms with van der Waals surface area (Å²) in [5.74, 6) is 9.38. The summed E-state index contributed by atoms with van der Waals surface area (Å²) in [7, 11) is 2.02. The lowest BCUT2D eigenvalue weighted by molar-refractivity contribution is 0.0223. The quantitative estimate of drug-likeness (QED) is 0.0870. The molecule has 0 atom stereocenters. The maximum absolute atomic E-state index is 6.17. The van der Waals surface area contributed by atoms with Crippen molar-refractivity contribution in [3.05, 3.63) is 162 Å². The summed E-state index contributed by atoms with van der Waals surface area (Å²) >= 11 is 0. The third-order valence-corrected chi connectivity index (χ3v) is 11.7. The first-order valence-corrected chi connectivity index (χ1v) is 25.3. The van der Waals surface area contributed by atoms with E-state index in [2.05, 4.69) is 63.7 Å². The molecule has 2 aliphatic heterocycles. The minimum atomic E-state index is 0.379. The second kappa shape index (κ2) is 29.5. The van der Waals surface area contributed by atoms with Gasteiger partial charge in [-0.25, -0.2) is 4.98 Å². The third kappa shape index (κ3) is 17.6. The Morgan fingerprint density at radius 3 is 1.60 bits per heavy atom. The highest BCUT2D eigenvalue weighted by atomic mass is 16.6. The summed E-state index contributed by atoms with van der Waals surface area (Å²) in [4.78, 5) is 13.9. The lowest BCUT2D eigenvalue weighted by Crippen LogP contribution is -2.30. The number of allylic oxidation sites excluding steroid dienone is 1. The summed E-state index contributed by atoms with van der Waals surface area (Å²) < 4.78 is 46.9. The molecule has 0 aliphatic carbocycles. The lowest BCUT2D eigenvalue weighted by Gasteiger charge is -2.17. The van der Waals surface area contributed by atoms with E-state index < -0.39 is 0 Å². The standard InChI is InChI=1S/C58H66N7O8/c1-64-50(45-65(63-64)44-47-20-17-46(18-21-47)19-22-48-40-53(51-13-7-10-26-60-51)62-54(41-48)52-14-8-11-27-61-52)12-4-2-3-9-25-59-43-49-23-24-57-58(42-49)73-39-35-69-31-30-67-33-37-71-56-16-6-5-15-55(56)70-36-32-66-28-29-68-34-38-72-57/h5-8,10-11,13-18,20-21,23-24,26-27,40-42,45,59H,2-4,9,12,25,28-39,43-44H2,1H3. The van der Waals surface area contributed by atoms with Crippen molar-refractivity contribution in [2.24, 2.45) is 0 Å². The first-order chi connectivity index (χ1) is 36.1. The molecule has 0 unspecified atom stereocenters. The molecule has 0 bridgehead atoms. The van der Waals surface area contributed by atoms with Gasteiger partial charge in [-0.3, -0.25) is 20.0 Å². The van der Waals surface area contributed by atoms with Crippen LogP contribution in [0.5, 0.6) is 23.0 Å². The Labute approximate surface area is 429 Å². The molecule has 0 fully saturated rings. The molecule has 0 saturated heterocycles. The SMILES string of the molecule is CN1[N]N(Cc2ccc(C#Cc3cc(-c4ccccn4)nc(-c4ccccn4)c3)cc2)C=C1CCCCCCNCc1ccc2c(c1)OCCOCCOCCOc1ccccc1OCCOCCOCCO2. The Bertz CT molecular complexity index is 2610. The molecule has 5 heterocycles. The molecule has 15 heteroatoms. The van der Waals surface area contributed by atoms with Crippen LogP contribution in [0.2, 0.25) is 0 Å². The molecule has 0 amide bonds. The van der Waals surface area contributed by atoms with E-state index in [0.29, 0.717) is 109 Å². The maximum atomic E-state index is 6.17. The smallest absolute Gasteiger partial charge is 0.161 e. The molecular weight excluding hydrogens is 923 g/mol. The highest BCUT2D eigenvalue weighted by Crippen LogP contribution is 2.30. The highest BCUT2D eigenvalue weighted by molar-refractivity contribution is 5.65. The van der Waals surface area contributed by atoms with Gasteiger partial charge in [-0.15, -0.1) is 0 Å². The van der Waals surface area contributed by atoms with Gasteiger partial charge in [-0.05, 0) is 115 Å². The van der Waals surface area contributed by atoms with Crippen LogP contribution in [0.15, 0.2) is 140 Å².